The number of imidazole rings is 1. The Kier molecular flexibility index (Phi) is 4.04. The third-order valence-corrected chi connectivity index (χ3v) is 3.85. The lowest BCUT2D eigenvalue weighted by molar-refractivity contribution is -0.129. The topological polar surface area (TPSA) is 75.9 Å². The molecule has 1 aliphatic heterocycles. The Labute approximate surface area is 129 Å². The fourth-order valence-corrected chi connectivity index (χ4v) is 2.62. The third kappa shape index (κ3) is 2.66. The van der Waals surface area contributed by atoms with Gasteiger partial charge in [0.15, 0.2) is 0 Å². The molecule has 2 aromatic heterocycles. The van der Waals surface area contributed by atoms with Crippen LogP contribution >= 0.6 is 0 Å². The minimum absolute atomic E-state index is 0.126. The predicted molar refractivity (Wildman–Crippen MR) is 83.3 cm³/mol. The second-order valence-corrected chi connectivity index (χ2v) is 5.44. The Hall–Kier alpha value is -2.44. The van der Waals surface area contributed by atoms with E-state index in [0.29, 0.717) is 5.95 Å². The summed E-state index contributed by atoms with van der Waals surface area (Å²) in [5.74, 6) is 1.47. The van der Waals surface area contributed by atoms with Gasteiger partial charge in [0.05, 0.1) is 5.56 Å². The molecule has 1 N–H and O–H groups in total. The van der Waals surface area contributed by atoms with E-state index in [1.54, 1.807) is 23.5 Å². The normalized spacial score (nSPS) is 18.0. The Morgan fingerprint density at radius 1 is 1.32 bits per heavy atom. The van der Waals surface area contributed by atoms with E-state index in [0.717, 1.165) is 37.3 Å². The number of nitrogens with one attached hydrogen (secondary N) is 1. The van der Waals surface area contributed by atoms with Crippen molar-refractivity contribution in [1.82, 2.24) is 24.4 Å². The number of rotatable bonds is 5. The maximum atomic E-state index is 12.2. The number of likely N-dealkylation sites (N-methyl/N-ethyl adjacent to an activating group) is 1. The molecule has 7 heteroatoms. The monoisotopic (exact) mass is 300 g/mol. The molecule has 3 rings (SSSR count). The minimum Gasteiger partial charge on any atom is -0.354 e. The average molecular weight is 300 g/mol. The van der Waals surface area contributed by atoms with E-state index >= 15 is 0 Å². The SMILES string of the molecule is CCCNc1ncc(-c2nccn2C2CCN(C)C2=O)cn1. The molecular formula is C15H20N6O. The van der Waals surface area contributed by atoms with Gasteiger partial charge >= 0.3 is 0 Å². The van der Waals surface area contributed by atoms with Crippen molar-refractivity contribution in [3.05, 3.63) is 24.8 Å². The lowest BCUT2D eigenvalue weighted by Crippen LogP contribution is -2.24. The number of hydrogen-bond acceptors (Lipinski definition) is 5. The zero-order valence-corrected chi connectivity index (χ0v) is 12.9. The molecule has 1 unspecified atom stereocenters. The van der Waals surface area contributed by atoms with Gasteiger partial charge in [0.25, 0.3) is 0 Å². The number of nitrogens with zero attached hydrogens (tertiary/aromatic N) is 5. The average Bonchev–Trinajstić information content (AvgIpc) is 3.14. The van der Waals surface area contributed by atoms with Gasteiger partial charge in [-0.3, -0.25) is 4.79 Å². The molecule has 116 valence electrons. The van der Waals surface area contributed by atoms with Gasteiger partial charge in [-0.15, -0.1) is 0 Å². The van der Waals surface area contributed by atoms with Gasteiger partial charge < -0.3 is 14.8 Å². The van der Waals surface area contributed by atoms with E-state index in [4.69, 9.17) is 0 Å². The van der Waals surface area contributed by atoms with E-state index in [2.05, 4.69) is 27.2 Å². The first-order chi connectivity index (χ1) is 10.7. The zero-order valence-electron chi connectivity index (χ0n) is 12.9. The first-order valence-corrected chi connectivity index (χ1v) is 7.54. The van der Waals surface area contributed by atoms with Gasteiger partial charge in [0.1, 0.15) is 11.9 Å². The predicted octanol–water partition coefficient (Wildman–Crippen LogP) is 1.57. The molecule has 0 saturated carbocycles. The number of carbonyl (C=O) groups is 1. The molecule has 1 fully saturated rings. The van der Waals surface area contributed by atoms with E-state index in [1.165, 1.54) is 0 Å². The molecule has 1 aliphatic rings. The second kappa shape index (κ2) is 6.13. The van der Waals surface area contributed by atoms with Crippen molar-refractivity contribution < 1.29 is 4.79 Å². The summed E-state index contributed by atoms with van der Waals surface area (Å²) in [6.07, 6.45) is 8.87. The molecule has 7 nitrogen and oxygen atoms in total. The van der Waals surface area contributed by atoms with E-state index in [-0.39, 0.29) is 11.9 Å². The lowest BCUT2D eigenvalue weighted by Gasteiger charge is -2.14. The second-order valence-electron chi connectivity index (χ2n) is 5.44. The van der Waals surface area contributed by atoms with Gasteiger partial charge in [0, 0.05) is 44.9 Å². The van der Waals surface area contributed by atoms with Crippen molar-refractivity contribution in [3.63, 3.8) is 0 Å². The highest BCUT2D eigenvalue weighted by molar-refractivity contribution is 5.82. The number of likely N-dealkylation sites (tertiary alicyclic amines) is 1. The van der Waals surface area contributed by atoms with Crippen LogP contribution in [-0.2, 0) is 4.79 Å². The lowest BCUT2D eigenvalue weighted by atomic mass is 10.2. The van der Waals surface area contributed by atoms with Crippen molar-refractivity contribution in [2.75, 3.05) is 25.5 Å². The summed E-state index contributed by atoms with van der Waals surface area (Å²) >= 11 is 0. The molecule has 1 atom stereocenters. The van der Waals surface area contributed by atoms with Crippen LogP contribution < -0.4 is 5.32 Å². The zero-order chi connectivity index (χ0) is 15.5. The minimum atomic E-state index is -0.180. The maximum Gasteiger partial charge on any atom is 0.245 e. The summed E-state index contributed by atoms with van der Waals surface area (Å²) in [6.45, 7) is 3.71. The number of anilines is 1. The maximum absolute atomic E-state index is 12.2. The molecule has 0 spiro atoms. The fourth-order valence-electron chi connectivity index (χ4n) is 2.62. The molecule has 0 aromatic carbocycles. The van der Waals surface area contributed by atoms with Crippen LogP contribution in [0.3, 0.4) is 0 Å². The summed E-state index contributed by atoms with van der Waals surface area (Å²) in [5, 5.41) is 3.14. The van der Waals surface area contributed by atoms with E-state index < -0.39 is 0 Å². The van der Waals surface area contributed by atoms with Crippen molar-refractivity contribution >= 4 is 11.9 Å². The van der Waals surface area contributed by atoms with Crippen molar-refractivity contribution in [2.45, 2.75) is 25.8 Å². The van der Waals surface area contributed by atoms with Crippen LogP contribution in [0.5, 0.6) is 0 Å². The molecule has 3 heterocycles. The summed E-state index contributed by atoms with van der Waals surface area (Å²) < 4.78 is 1.92. The highest BCUT2D eigenvalue weighted by Crippen LogP contribution is 2.27. The first kappa shape index (κ1) is 14.5. The largest absolute Gasteiger partial charge is 0.354 e. The van der Waals surface area contributed by atoms with Crippen LogP contribution in [0.1, 0.15) is 25.8 Å². The van der Waals surface area contributed by atoms with E-state index in [1.807, 2.05) is 17.8 Å². The van der Waals surface area contributed by atoms with Crippen LogP contribution in [0.15, 0.2) is 24.8 Å². The van der Waals surface area contributed by atoms with Crippen molar-refractivity contribution in [3.8, 4) is 11.4 Å². The van der Waals surface area contributed by atoms with Crippen LogP contribution in [0, 0.1) is 0 Å². The number of amides is 1. The quantitative estimate of drug-likeness (QED) is 0.907. The van der Waals surface area contributed by atoms with E-state index in [9.17, 15) is 4.79 Å². The highest BCUT2D eigenvalue weighted by Gasteiger charge is 2.31. The Bertz CT molecular complexity index is 650. The van der Waals surface area contributed by atoms with Crippen LogP contribution in [-0.4, -0.2) is 50.5 Å². The van der Waals surface area contributed by atoms with Crippen LogP contribution in [0.25, 0.3) is 11.4 Å². The molecule has 0 bridgehead atoms. The van der Waals surface area contributed by atoms with Crippen LogP contribution in [0.4, 0.5) is 5.95 Å². The van der Waals surface area contributed by atoms with Crippen LogP contribution in [0.2, 0.25) is 0 Å². The Balaban J connectivity index is 1.84. The fraction of sp³-hybridized carbons (Fsp3) is 0.467. The standard InChI is InChI=1S/C15H20N6O/c1-3-5-17-15-18-9-11(10-19-15)13-16-6-8-21(13)12-4-7-20(2)14(12)22/h6,8-10,12H,3-5,7H2,1-2H3,(H,17,18,19). The Morgan fingerprint density at radius 3 is 2.73 bits per heavy atom. The van der Waals surface area contributed by atoms with Crippen molar-refractivity contribution in [2.24, 2.45) is 0 Å². The van der Waals surface area contributed by atoms with Gasteiger partial charge in [-0.1, -0.05) is 6.92 Å². The summed E-state index contributed by atoms with van der Waals surface area (Å²) in [7, 11) is 1.83. The molecule has 2 aromatic rings. The molecule has 0 aliphatic carbocycles. The molecule has 1 amide bonds. The third-order valence-electron chi connectivity index (χ3n) is 3.85. The Morgan fingerprint density at radius 2 is 2.09 bits per heavy atom. The smallest absolute Gasteiger partial charge is 0.245 e. The number of hydrogen-bond donors (Lipinski definition) is 1. The molecule has 1 saturated heterocycles. The van der Waals surface area contributed by atoms with Gasteiger partial charge in [-0.05, 0) is 12.8 Å². The van der Waals surface area contributed by atoms with Gasteiger partial charge in [0.2, 0.25) is 11.9 Å². The molecule has 0 radical (unpaired) electrons. The highest BCUT2D eigenvalue weighted by atomic mass is 16.2. The summed E-state index contributed by atoms with van der Waals surface area (Å²) in [5.41, 5.74) is 0.814. The number of aromatic nitrogens is 4. The van der Waals surface area contributed by atoms with Gasteiger partial charge in [-0.2, -0.15) is 0 Å². The summed E-state index contributed by atoms with van der Waals surface area (Å²) in [6, 6.07) is -0.180. The van der Waals surface area contributed by atoms with Crippen molar-refractivity contribution in [1.29, 1.82) is 0 Å². The molecule has 22 heavy (non-hydrogen) atoms. The van der Waals surface area contributed by atoms with Gasteiger partial charge in [-0.25, -0.2) is 15.0 Å². The molecular weight excluding hydrogens is 280 g/mol. The number of carbonyl (C=O) groups excluding carboxylic acids is 1. The first-order valence-electron chi connectivity index (χ1n) is 7.54. The summed E-state index contributed by atoms with van der Waals surface area (Å²) in [4.78, 5) is 26.9.